The van der Waals surface area contributed by atoms with E-state index in [4.69, 9.17) is 11.5 Å². The summed E-state index contributed by atoms with van der Waals surface area (Å²) in [4.78, 5) is 44.2. The smallest absolute Gasteiger partial charge is 0.251 e. The number of nitrogens with one attached hydrogen (secondary N) is 2. The molecule has 2 rings (SSSR count). The molecule has 182 valence electrons. The van der Waals surface area contributed by atoms with Crippen molar-refractivity contribution in [3.05, 3.63) is 0 Å². The van der Waals surface area contributed by atoms with E-state index in [1.165, 1.54) is 6.92 Å². The maximum absolute atomic E-state index is 13.9. The van der Waals surface area contributed by atoms with Crippen molar-refractivity contribution in [2.75, 3.05) is 18.8 Å². The molecule has 32 heavy (non-hydrogen) atoms. The average molecular weight is 473 g/mol. The molecule has 11 nitrogen and oxygen atoms in total. The Morgan fingerprint density at radius 1 is 1.25 bits per heavy atom. The molecule has 0 spiro atoms. The second kappa shape index (κ2) is 11.7. The van der Waals surface area contributed by atoms with Crippen LogP contribution >= 0.6 is 0 Å². The van der Waals surface area contributed by atoms with Crippen molar-refractivity contribution >= 4 is 34.1 Å². The lowest BCUT2D eigenvalue weighted by Gasteiger charge is -2.41. The first-order valence-electron chi connectivity index (χ1n) is 11.3. The van der Waals surface area contributed by atoms with Crippen molar-refractivity contribution in [2.45, 2.75) is 82.3 Å². The standard InChI is InChI=1S/C20H36N6O5S/c1-2-32(30,31)25-20(10-4-3-5-11-20)18(29)26(17(28)16-9-7-12-23-16)15(14-27)8-6-13-24-19(21)22/h14-16,23,25H,2-13H2,1H3,(H4,21,22,24)/t15-,16-/m0/s1. The molecule has 1 aliphatic carbocycles. The van der Waals surface area contributed by atoms with Crippen molar-refractivity contribution in [3.8, 4) is 0 Å². The number of hydrogen-bond donors (Lipinski definition) is 4. The van der Waals surface area contributed by atoms with Crippen LogP contribution < -0.4 is 21.5 Å². The van der Waals surface area contributed by atoms with E-state index in [9.17, 15) is 22.8 Å². The van der Waals surface area contributed by atoms with Gasteiger partial charge in [0.2, 0.25) is 15.9 Å². The van der Waals surface area contributed by atoms with Crippen molar-refractivity contribution in [1.82, 2.24) is 14.9 Å². The van der Waals surface area contributed by atoms with Gasteiger partial charge in [-0.1, -0.05) is 19.3 Å². The number of aldehydes is 1. The molecule has 12 heteroatoms. The van der Waals surface area contributed by atoms with Gasteiger partial charge in [-0.3, -0.25) is 19.5 Å². The summed E-state index contributed by atoms with van der Waals surface area (Å²) in [5.41, 5.74) is 9.24. The lowest BCUT2D eigenvalue weighted by Crippen LogP contribution is -2.65. The summed E-state index contributed by atoms with van der Waals surface area (Å²) in [6.45, 7) is 2.38. The van der Waals surface area contributed by atoms with Crippen LogP contribution in [0.5, 0.6) is 0 Å². The molecule has 0 unspecified atom stereocenters. The van der Waals surface area contributed by atoms with Crippen molar-refractivity contribution < 1.29 is 22.8 Å². The Kier molecular flexibility index (Phi) is 9.59. The quantitative estimate of drug-likeness (QED) is 0.101. The van der Waals surface area contributed by atoms with Crippen LogP contribution in [0.2, 0.25) is 0 Å². The first-order valence-corrected chi connectivity index (χ1v) is 12.9. The normalized spacial score (nSPS) is 21.5. The van der Waals surface area contributed by atoms with Gasteiger partial charge in [0.1, 0.15) is 11.8 Å². The third-order valence-corrected chi connectivity index (χ3v) is 7.56. The van der Waals surface area contributed by atoms with Crippen molar-refractivity contribution in [1.29, 1.82) is 0 Å². The first-order chi connectivity index (χ1) is 15.2. The molecule has 1 saturated heterocycles. The van der Waals surface area contributed by atoms with E-state index in [0.717, 1.165) is 17.7 Å². The zero-order valence-electron chi connectivity index (χ0n) is 18.7. The van der Waals surface area contributed by atoms with E-state index in [1.807, 2.05) is 0 Å². The topological polar surface area (TPSA) is 177 Å². The molecule has 0 bridgehead atoms. The number of aliphatic imine (C=N–C) groups is 1. The van der Waals surface area contributed by atoms with E-state index in [-0.39, 0.29) is 37.5 Å². The highest BCUT2D eigenvalue weighted by Gasteiger charge is 2.49. The molecule has 1 saturated carbocycles. The van der Waals surface area contributed by atoms with Crippen LogP contribution in [0.25, 0.3) is 0 Å². The van der Waals surface area contributed by atoms with Gasteiger partial charge in [-0.15, -0.1) is 0 Å². The van der Waals surface area contributed by atoms with Gasteiger partial charge < -0.3 is 21.6 Å². The fourth-order valence-corrected chi connectivity index (χ4v) is 5.39. The Labute approximate surface area is 189 Å². The molecule has 0 aromatic carbocycles. The summed E-state index contributed by atoms with van der Waals surface area (Å²) >= 11 is 0. The lowest BCUT2D eigenvalue weighted by atomic mass is 9.81. The molecule has 2 amide bonds. The van der Waals surface area contributed by atoms with Crippen LogP contribution in [-0.2, 0) is 24.4 Å². The predicted molar refractivity (Wildman–Crippen MR) is 121 cm³/mol. The van der Waals surface area contributed by atoms with Gasteiger partial charge in [0.05, 0.1) is 17.8 Å². The van der Waals surface area contributed by atoms with Crippen LogP contribution in [-0.4, -0.2) is 73.8 Å². The highest BCUT2D eigenvalue weighted by Crippen LogP contribution is 2.32. The molecule has 0 aromatic heterocycles. The molecule has 0 aromatic rings. The zero-order valence-corrected chi connectivity index (χ0v) is 19.5. The van der Waals surface area contributed by atoms with Crippen LogP contribution in [0, 0.1) is 0 Å². The fraction of sp³-hybridized carbons (Fsp3) is 0.800. The van der Waals surface area contributed by atoms with Crippen LogP contribution in [0.15, 0.2) is 4.99 Å². The first kappa shape index (κ1) is 26.2. The van der Waals surface area contributed by atoms with E-state index >= 15 is 0 Å². The van der Waals surface area contributed by atoms with Gasteiger partial charge >= 0.3 is 0 Å². The van der Waals surface area contributed by atoms with Crippen LogP contribution in [0.3, 0.4) is 0 Å². The minimum Gasteiger partial charge on any atom is -0.370 e. The largest absolute Gasteiger partial charge is 0.370 e. The zero-order chi connectivity index (χ0) is 23.8. The SMILES string of the molecule is CCS(=O)(=O)NC1(C(=O)N(C(=O)[C@@H]2CCCN2)[C@H](C=O)CCCN=C(N)N)CCCCC1. The van der Waals surface area contributed by atoms with Gasteiger partial charge in [-0.25, -0.2) is 8.42 Å². The highest BCUT2D eigenvalue weighted by molar-refractivity contribution is 7.89. The molecular formula is C20H36N6O5S. The molecule has 1 heterocycles. The fourth-order valence-electron chi connectivity index (χ4n) is 4.36. The summed E-state index contributed by atoms with van der Waals surface area (Å²) < 4.78 is 27.5. The number of sulfonamides is 1. The summed E-state index contributed by atoms with van der Waals surface area (Å²) in [7, 11) is -3.72. The number of hydrogen-bond acceptors (Lipinski definition) is 7. The number of nitrogens with two attached hydrogens (primary N) is 2. The van der Waals surface area contributed by atoms with E-state index in [0.29, 0.717) is 38.5 Å². The highest BCUT2D eigenvalue weighted by atomic mass is 32.2. The monoisotopic (exact) mass is 472 g/mol. The summed E-state index contributed by atoms with van der Waals surface area (Å²) in [5, 5.41) is 3.07. The van der Waals surface area contributed by atoms with Crippen molar-refractivity contribution in [3.63, 3.8) is 0 Å². The third kappa shape index (κ3) is 6.72. The predicted octanol–water partition coefficient (Wildman–Crippen LogP) is -0.643. The average Bonchev–Trinajstić information content (AvgIpc) is 3.30. The summed E-state index contributed by atoms with van der Waals surface area (Å²) in [6, 6.07) is -1.61. The number of rotatable bonds is 11. The van der Waals surface area contributed by atoms with Gasteiger partial charge in [0.25, 0.3) is 5.91 Å². The maximum atomic E-state index is 13.9. The van der Waals surface area contributed by atoms with E-state index in [1.54, 1.807) is 0 Å². The Morgan fingerprint density at radius 2 is 1.94 bits per heavy atom. The van der Waals surface area contributed by atoms with E-state index < -0.39 is 39.5 Å². The molecule has 2 fully saturated rings. The van der Waals surface area contributed by atoms with Gasteiger partial charge in [0.15, 0.2) is 5.96 Å². The Morgan fingerprint density at radius 3 is 2.47 bits per heavy atom. The molecule has 2 atom stereocenters. The minimum absolute atomic E-state index is 0.0815. The van der Waals surface area contributed by atoms with E-state index in [2.05, 4.69) is 15.0 Å². The van der Waals surface area contributed by atoms with Gasteiger partial charge in [-0.2, -0.15) is 4.72 Å². The molecule has 6 N–H and O–H groups in total. The number of imide groups is 1. The Balaban J connectivity index is 2.38. The second-order valence-corrected chi connectivity index (χ2v) is 10.5. The maximum Gasteiger partial charge on any atom is 0.251 e. The van der Waals surface area contributed by atoms with Gasteiger partial charge in [0, 0.05) is 6.54 Å². The third-order valence-electron chi connectivity index (χ3n) is 6.10. The molecular weight excluding hydrogens is 436 g/mol. The number of amides is 2. The second-order valence-electron chi connectivity index (χ2n) is 8.46. The lowest BCUT2D eigenvalue weighted by molar-refractivity contribution is -0.155. The Hall–Kier alpha value is -2.05. The molecule has 2 aliphatic rings. The molecule has 1 aliphatic heterocycles. The summed E-state index contributed by atoms with van der Waals surface area (Å²) in [6.07, 6.45) is 5.21. The minimum atomic E-state index is -3.72. The van der Waals surface area contributed by atoms with Crippen molar-refractivity contribution in [2.24, 2.45) is 16.5 Å². The number of carbonyl (C=O) groups is 3. The Bertz CT molecular complexity index is 799. The number of nitrogens with zero attached hydrogens (tertiary/aromatic N) is 2. The molecule has 0 radical (unpaired) electrons. The number of guanidine groups is 1. The van der Waals surface area contributed by atoms with Crippen LogP contribution in [0.4, 0.5) is 0 Å². The van der Waals surface area contributed by atoms with Gasteiger partial charge in [-0.05, 0) is 52.0 Å². The number of carbonyl (C=O) groups excluding carboxylic acids is 3. The summed E-state index contributed by atoms with van der Waals surface area (Å²) in [5.74, 6) is -1.41. The van der Waals surface area contributed by atoms with Crippen LogP contribution in [0.1, 0.15) is 64.7 Å².